The lowest BCUT2D eigenvalue weighted by atomic mass is 10.0. The van der Waals surface area contributed by atoms with Gasteiger partial charge in [0.2, 0.25) is 0 Å². The van der Waals surface area contributed by atoms with Crippen molar-refractivity contribution in [3.63, 3.8) is 0 Å². The molecule has 7 nitrogen and oxygen atoms in total. The molecule has 0 radical (unpaired) electrons. The SMILES string of the molecule is O=C(Nc1cncc(-c2ccc3[nH]nc(C4=NCc5ccccc5N4)c3c2)c1)c1ccccc1. The van der Waals surface area contributed by atoms with Crippen molar-refractivity contribution in [1.82, 2.24) is 15.2 Å². The van der Waals surface area contributed by atoms with Crippen molar-refractivity contribution in [2.45, 2.75) is 6.54 Å². The van der Waals surface area contributed by atoms with Gasteiger partial charge in [0.05, 0.1) is 23.9 Å². The lowest BCUT2D eigenvalue weighted by molar-refractivity contribution is 0.102. The van der Waals surface area contributed by atoms with Crippen molar-refractivity contribution in [1.29, 1.82) is 0 Å². The van der Waals surface area contributed by atoms with E-state index in [1.165, 1.54) is 0 Å². The summed E-state index contributed by atoms with van der Waals surface area (Å²) in [5, 5.41) is 14.9. The summed E-state index contributed by atoms with van der Waals surface area (Å²) in [6.07, 6.45) is 3.43. The highest BCUT2D eigenvalue weighted by molar-refractivity contribution is 6.15. The zero-order valence-electron chi connectivity index (χ0n) is 18.1. The van der Waals surface area contributed by atoms with Gasteiger partial charge in [0.15, 0.2) is 5.84 Å². The minimum Gasteiger partial charge on any atom is -0.338 e. The number of hydrogen-bond acceptors (Lipinski definition) is 5. The minimum atomic E-state index is -0.172. The van der Waals surface area contributed by atoms with Gasteiger partial charge < -0.3 is 10.6 Å². The lowest BCUT2D eigenvalue weighted by Crippen LogP contribution is -2.19. The molecule has 0 fully saturated rings. The van der Waals surface area contributed by atoms with Crippen LogP contribution in [-0.2, 0) is 6.54 Å². The summed E-state index contributed by atoms with van der Waals surface area (Å²) >= 11 is 0. The summed E-state index contributed by atoms with van der Waals surface area (Å²) in [4.78, 5) is 21.6. The van der Waals surface area contributed by atoms with Gasteiger partial charge in [-0.25, -0.2) is 0 Å². The molecule has 3 N–H and O–H groups in total. The maximum atomic E-state index is 12.5. The van der Waals surface area contributed by atoms with Crippen molar-refractivity contribution >= 4 is 34.0 Å². The van der Waals surface area contributed by atoms with Crippen LogP contribution in [0.2, 0.25) is 0 Å². The van der Waals surface area contributed by atoms with Crippen LogP contribution in [0.4, 0.5) is 11.4 Å². The first-order valence-electron chi connectivity index (χ1n) is 10.9. The van der Waals surface area contributed by atoms with Crippen LogP contribution >= 0.6 is 0 Å². The molecule has 5 aromatic rings. The number of amidine groups is 1. The van der Waals surface area contributed by atoms with Gasteiger partial charge in [-0.05, 0) is 47.5 Å². The molecular weight excluding hydrogens is 424 g/mol. The Hall–Kier alpha value is -4.78. The van der Waals surface area contributed by atoms with Crippen molar-refractivity contribution in [2.24, 2.45) is 4.99 Å². The Morgan fingerprint density at radius 1 is 0.882 bits per heavy atom. The van der Waals surface area contributed by atoms with E-state index in [2.05, 4.69) is 37.9 Å². The van der Waals surface area contributed by atoms with E-state index in [1.54, 1.807) is 24.5 Å². The number of pyridine rings is 1. The van der Waals surface area contributed by atoms with E-state index < -0.39 is 0 Å². The van der Waals surface area contributed by atoms with Crippen molar-refractivity contribution in [3.05, 3.63) is 108 Å². The molecule has 0 unspecified atom stereocenters. The van der Waals surface area contributed by atoms with Gasteiger partial charge in [-0.2, -0.15) is 5.10 Å². The molecule has 3 aromatic carbocycles. The molecular formula is C27H20N6O. The molecule has 34 heavy (non-hydrogen) atoms. The van der Waals surface area contributed by atoms with Gasteiger partial charge in [0.1, 0.15) is 5.69 Å². The number of benzene rings is 3. The predicted octanol–water partition coefficient (Wildman–Crippen LogP) is 5.25. The summed E-state index contributed by atoms with van der Waals surface area (Å²) in [5.41, 5.74) is 6.99. The van der Waals surface area contributed by atoms with Crippen LogP contribution in [0.3, 0.4) is 0 Å². The summed E-state index contributed by atoms with van der Waals surface area (Å²) in [6, 6.07) is 25.2. The molecule has 1 amide bonds. The van der Waals surface area contributed by atoms with Crippen LogP contribution in [0.5, 0.6) is 0 Å². The summed E-state index contributed by atoms with van der Waals surface area (Å²) in [7, 11) is 0. The number of carbonyl (C=O) groups excluding carboxylic acids is 1. The quantitative estimate of drug-likeness (QED) is 0.353. The number of nitrogens with zero attached hydrogens (tertiary/aromatic N) is 3. The number of H-pyrrole nitrogens is 1. The highest BCUT2D eigenvalue weighted by atomic mass is 16.1. The zero-order chi connectivity index (χ0) is 22.9. The van der Waals surface area contributed by atoms with Crippen LogP contribution in [0.1, 0.15) is 21.6 Å². The number of carbonyl (C=O) groups is 1. The molecule has 6 rings (SSSR count). The zero-order valence-corrected chi connectivity index (χ0v) is 18.1. The number of para-hydroxylation sites is 1. The maximum absolute atomic E-state index is 12.5. The molecule has 0 atom stereocenters. The molecule has 1 aliphatic heterocycles. The molecule has 2 aromatic heterocycles. The van der Waals surface area contributed by atoms with Crippen LogP contribution in [0.25, 0.3) is 22.0 Å². The third kappa shape index (κ3) is 3.69. The highest BCUT2D eigenvalue weighted by Crippen LogP contribution is 2.29. The normalized spacial score (nSPS) is 12.5. The molecule has 0 saturated heterocycles. The van der Waals surface area contributed by atoms with Gasteiger partial charge in [-0.3, -0.25) is 19.9 Å². The summed E-state index contributed by atoms with van der Waals surface area (Å²) in [5.74, 6) is 0.567. The summed E-state index contributed by atoms with van der Waals surface area (Å²) < 4.78 is 0. The topological polar surface area (TPSA) is 95.1 Å². The molecule has 0 spiro atoms. The standard InChI is InChI=1S/C27H20N6O/c34-27(17-6-2-1-3-7-17)30-21-12-20(14-28-16-21)18-10-11-24-22(13-18)25(33-32-24)26-29-15-19-8-4-5-9-23(19)31-26/h1-14,16H,15H2,(H,29,31)(H,30,34)(H,32,33). The smallest absolute Gasteiger partial charge is 0.255 e. The largest absolute Gasteiger partial charge is 0.338 e. The van der Waals surface area contributed by atoms with E-state index in [0.29, 0.717) is 17.8 Å². The Balaban J connectivity index is 1.31. The van der Waals surface area contributed by atoms with Gasteiger partial charge >= 0.3 is 0 Å². The number of amides is 1. The number of aromatic amines is 1. The van der Waals surface area contributed by atoms with Crippen LogP contribution in [-0.4, -0.2) is 26.9 Å². The third-order valence-corrected chi connectivity index (χ3v) is 5.83. The number of aliphatic imine (C=N–C) groups is 1. The van der Waals surface area contributed by atoms with E-state index in [-0.39, 0.29) is 5.91 Å². The van der Waals surface area contributed by atoms with Gasteiger partial charge in [-0.15, -0.1) is 0 Å². The minimum absolute atomic E-state index is 0.172. The van der Waals surface area contributed by atoms with Crippen molar-refractivity contribution in [2.75, 3.05) is 10.6 Å². The number of nitrogens with one attached hydrogen (secondary N) is 3. The fourth-order valence-electron chi connectivity index (χ4n) is 4.08. The number of fused-ring (bicyclic) bond motifs is 2. The second-order valence-corrected chi connectivity index (χ2v) is 8.06. The molecule has 164 valence electrons. The Bertz CT molecular complexity index is 1550. The second kappa shape index (κ2) is 8.29. The number of hydrogen-bond donors (Lipinski definition) is 3. The Labute approximate surface area is 195 Å². The average Bonchev–Trinajstić information content (AvgIpc) is 3.32. The second-order valence-electron chi connectivity index (χ2n) is 8.06. The van der Waals surface area contributed by atoms with Crippen LogP contribution in [0, 0.1) is 0 Å². The number of rotatable bonds is 4. The first-order valence-corrected chi connectivity index (χ1v) is 10.9. The van der Waals surface area contributed by atoms with E-state index >= 15 is 0 Å². The molecule has 1 aliphatic rings. The molecule has 7 heteroatoms. The monoisotopic (exact) mass is 444 g/mol. The van der Waals surface area contributed by atoms with E-state index in [9.17, 15) is 4.79 Å². The van der Waals surface area contributed by atoms with E-state index in [1.807, 2.05) is 54.6 Å². The molecule has 0 bridgehead atoms. The molecule has 0 aliphatic carbocycles. The predicted molar refractivity (Wildman–Crippen MR) is 134 cm³/mol. The van der Waals surface area contributed by atoms with Crippen molar-refractivity contribution < 1.29 is 4.79 Å². The first kappa shape index (κ1) is 19.9. The van der Waals surface area contributed by atoms with Crippen LogP contribution in [0.15, 0.2) is 96.2 Å². The molecule has 0 saturated carbocycles. The summed E-state index contributed by atoms with van der Waals surface area (Å²) in [6.45, 7) is 0.611. The van der Waals surface area contributed by atoms with Crippen LogP contribution < -0.4 is 10.6 Å². The van der Waals surface area contributed by atoms with E-state index in [0.717, 1.165) is 44.8 Å². The third-order valence-electron chi connectivity index (χ3n) is 5.83. The maximum Gasteiger partial charge on any atom is 0.255 e. The first-order chi connectivity index (χ1) is 16.7. The van der Waals surface area contributed by atoms with Gasteiger partial charge in [0, 0.05) is 28.4 Å². The fraction of sp³-hybridized carbons (Fsp3) is 0.0370. The van der Waals surface area contributed by atoms with Gasteiger partial charge in [0.25, 0.3) is 5.91 Å². The highest BCUT2D eigenvalue weighted by Gasteiger charge is 2.18. The fourth-order valence-corrected chi connectivity index (χ4v) is 4.08. The van der Waals surface area contributed by atoms with Crippen molar-refractivity contribution in [3.8, 4) is 11.1 Å². The average molecular weight is 444 g/mol. The van der Waals surface area contributed by atoms with E-state index in [4.69, 9.17) is 4.99 Å². The Kier molecular flexibility index (Phi) is 4.85. The number of aromatic nitrogens is 3. The Morgan fingerprint density at radius 2 is 1.74 bits per heavy atom. The molecule has 3 heterocycles. The lowest BCUT2D eigenvalue weighted by Gasteiger charge is -2.17. The number of anilines is 2. The van der Waals surface area contributed by atoms with Gasteiger partial charge in [-0.1, -0.05) is 42.5 Å². The Morgan fingerprint density at radius 3 is 2.65 bits per heavy atom.